The Morgan fingerprint density at radius 1 is 1.00 bits per heavy atom. The van der Waals surface area contributed by atoms with Crippen LogP contribution in [0.1, 0.15) is 25.5 Å². The van der Waals surface area contributed by atoms with Crippen LogP contribution in [0.25, 0.3) is 11.3 Å². The highest BCUT2D eigenvalue weighted by atomic mass is 16.3. The molecule has 2 aromatic heterocycles. The smallest absolute Gasteiger partial charge is 0.225 e. The van der Waals surface area contributed by atoms with E-state index in [0.717, 1.165) is 42.2 Å². The SMILES string of the molecule is CCCCNc1cc(-c2ccccc2)nc(NCc2ccco2)n1. The highest BCUT2D eigenvalue weighted by molar-refractivity contribution is 5.64. The third kappa shape index (κ3) is 4.35. The molecule has 0 aliphatic rings. The van der Waals surface area contributed by atoms with Crippen LogP contribution in [0, 0.1) is 0 Å². The van der Waals surface area contributed by atoms with Crippen LogP contribution in [-0.2, 0) is 6.54 Å². The van der Waals surface area contributed by atoms with Gasteiger partial charge in [-0.3, -0.25) is 0 Å². The molecule has 3 rings (SSSR count). The van der Waals surface area contributed by atoms with Crippen LogP contribution >= 0.6 is 0 Å². The van der Waals surface area contributed by atoms with Gasteiger partial charge in [-0.15, -0.1) is 0 Å². The van der Waals surface area contributed by atoms with E-state index in [1.54, 1.807) is 6.26 Å². The van der Waals surface area contributed by atoms with E-state index in [2.05, 4.69) is 39.7 Å². The van der Waals surface area contributed by atoms with Crippen molar-refractivity contribution in [3.63, 3.8) is 0 Å². The van der Waals surface area contributed by atoms with Crippen molar-refractivity contribution in [3.05, 3.63) is 60.6 Å². The number of unbranched alkanes of at least 4 members (excludes halogenated alkanes) is 1. The Morgan fingerprint density at radius 2 is 1.88 bits per heavy atom. The van der Waals surface area contributed by atoms with Gasteiger partial charge in [0.1, 0.15) is 11.6 Å². The van der Waals surface area contributed by atoms with Crippen molar-refractivity contribution in [2.24, 2.45) is 0 Å². The van der Waals surface area contributed by atoms with Crippen molar-refractivity contribution in [1.82, 2.24) is 9.97 Å². The number of aromatic nitrogens is 2. The molecule has 0 bridgehead atoms. The number of furan rings is 1. The van der Waals surface area contributed by atoms with Gasteiger partial charge in [0.15, 0.2) is 0 Å². The van der Waals surface area contributed by atoms with E-state index in [-0.39, 0.29) is 0 Å². The van der Waals surface area contributed by atoms with Crippen LogP contribution in [0.5, 0.6) is 0 Å². The second-order valence-corrected chi connectivity index (χ2v) is 5.54. The zero-order chi connectivity index (χ0) is 16.6. The number of benzene rings is 1. The molecule has 24 heavy (non-hydrogen) atoms. The van der Waals surface area contributed by atoms with Gasteiger partial charge in [-0.1, -0.05) is 43.7 Å². The fourth-order valence-electron chi connectivity index (χ4n) is 2.35. The van der Waals surface area contributed by atoms with Gasteiger partial charge in [-0.05, 0) is 18.6 Å². The number of hydrogen-bond donors (Lipinski definition) is 2. The van der Waals surface area contributed by atoms with Gasteiger partial charge in [-0.2, -0.15) is 4.98 Å². The van der Waals surface area contributed by atoms with E-state index >= 15 is 0 Å². The summed E-state index contributed by atoms with van der Waals surface area (Å²) in [4.78, 5) is 9.18. The van der Waals surface area contributed by atoms with Crippen molar-refractivity contribution in [2.45, 2.75) is 26.3 Å². The van der Waals surface area contributed by atoms with Crippen LogP contribution in [0.4, 0.5) is 11.8 Å². The molecular weight excluding hydrogens is 300 g/mol. The van der Waals surface area contributed by atoms with Crippen LogP contribution < -0.4 is 10.6 Å². The van der Waals surface area contributed by atoms with Gasteiger partial charge in [0.25, 0.3) is 0 Å². The third-order valence-electron chi connectivity index (χ3n) is 3.63. The minimum absolute atomic E-state index is 0.555. The molecule has 5 heteroatoms. The monoisotopic (exact) mass is 322 g/mol. The van der Waals surface area contributed by atoms with Gasteiger partial charge in [-0.25, -0.2) is 4.98 Å². The Morgan fingerprint density at radius 3 is 2.62 bits per heavy atom. The molecule has 0 spiro atoms. The average molecular weight is 322 g/mol. The predicted molar refractivity (Wildman–Crippen MR) is 96.9 cm³/mol. The molecule has 0 saturated heterocycles. The lowest BCUT2D eigenvalue weighted by molar-refractivity contribution is 0.517. The fraction of sp³-hybridized carbons (Fsp3) is 0.263. The zero-order valence-corrected chi connectivity index (χ0v) is 13.8. The molecule has 0 atom stereocenters. The van der Waals surface area contributed by atoms with Gasteiger partial charge in [0.2, 0.25) is 5.95 Å². The lowest BCUT2D eigenvalue weighted by Crippen LogP contribution is -2.08. The van der Waals surface area contributed by atoms with Crippen molar-refractivity contribution in [3.8, 4) is 11.3 Å². The van der Waals surface area contributed by atoms with Crippen molar-refractivity contribution < 1.29 is 4.42 Å². The average Bonchev–Trinajstić information content (AvgIpc) is 3.14. The second-order valence-electron chi connectivity index (χ2n) is 5.54. The molecule has 0 unspecified atom stereocenters. The molecule has 3 aromatic rings. The summed E-state index contributed by atoms with van der Waals surface area (Å²) in [6, 6.07) is 15.9. The topological polar surface area (TPSA) is 63.0 Å². The lowest BCUT2D eigenvalue weighted by atomic mass is 10.1. The number of hydrogen-bond acceptors (Lipinski definition) is 5. The number of nitrogens with one attached hydrogen (secondary N) is 2. The van der Waals surface area contributed by atoms with Crippen LogP contribution in [0.3, 0.4) is 0 Å². The van der Waals surface area contributed by atoms with Crippen LogP contribution in [-0.4, -0.2) is 16.5 Å². The number of anilines is 2. The Bertz CT molecular complexity index is 741. The molecule has 0 saturated carbocycles. The Balaban J connectivity index is 1.81. The summed E-state index contributed by atoms with van der Waals surface area (Å²) >= 11 is 0. The molecule has 0 aliphatic heterocycles. The summed E-state index contributed by atoms with van der Waals surface area (Å²) in [5.74, 6) is 2.27. The van der Waals surface area contributed by atoms with E-state index < -0.39 is 0 Å². The summed E-state index contributed by atoms with van der Waals surface area (Å²) < 4.78 is 5.35. The van der Waals surface area contributed by atoms with Gasteiger partial charge in [0.05, 0.1) is 18.5 Å². The van der Waals surface area contributed by atoms with Gasteiger partial charge >= 0.3 is 0 Å². The quantitative estimate of drug-likeness (QED) is 0.595. The maximum Gasteiger partial charge on any atom is 0.225 e. The van der Waals surface area contributed by atoms with Crippen LogP contribution in [0.15, 0.2) is 59.2 Å². The first kappa shape index (κ1) is 16.1. The standard InChI is InChI=1S/C19H22N4O/c1-2-3-11-20-18-13-17(15-8-5-4-6-9-15)22-19(23-18)21-14-16-10-7-12-24-16/h4-10,12-13H,2-3,11,14H2,1H3,(H2,20,21,22,23). The molecule has 2 heterocycles. The third-order valence-corrected chi connectivity index (χ3v) is 3.63. The van der Waals surface area contributed by atoms with Crippen molar-refractivity contribution >= 4 is 11.8 Å². The summed E-state index contributed by atoms with van der Waals surface area (Å²) in [5, 5.41) is 6.61. The van der Waals surface area contributed by atoms with E-state index in [1.165, 1.54) is 0 Å². The first-order valence-electron chi connectivity index (χ1n) is 8.30. The van der Waals surface area contributed by atoms with Crippen molar-refractivity contribution in [2.75, 3.05) is 17.2 Å². The summed E-state index contributed by atoms with van der Waals surface area (Å²) in [7, 11) is 0. The molecule has 0 fully saturated rings. The second kappa shape index (κ2) is 8.15. The highest BCUT2D eigenvalue weighted by Gasteiger charge is 2.07. The Labute approximate surface area is 142 Å². The molecule has 0 aliphatic carbocycles. The number of rotatable bonds is 8. The number of nitrogens with zero attached hydrogens (tertiary/aromatic N) is 2. The molecule has 2 N–H and O–H groups in total. The van der Waals surface area contributed by atoms with Gasteiger partial charge in [0, 0.05) is 18.2 Å². The first-order valence-corrected chi connectivity index (χ1v) is 8.30. The highest BCUT2D eigenvalue weighted by Crippen LogP contribution is 2.21. The van der Waals surface area contributed by atoms with Crippen molar-refractivity contribution in [1.29, 1.82) is 0 Å². The first-order chi connectivity index (χ1) is 11.8. The Kier molecular flexibility index (Phi) is 5.45. The molecule has 5 nitrogen and oxygen atoms in total. The maximum absolute atomic E-state index is 5.35. The van der Waals surface area contributed by atoms with Gasteiger partial charge < -0.3 is 15.1 Å². The minimum Gasteiger partial charge on any atom is -0.467 e. The van der Waals surface area contributed by atoms with E-state index in [9.17, 15) is 0 Å². The molecular formula is C19H22N4O. The summed E-state index contributed by atoms with van der Waals surface area (Å²) in [5.41, 5.74) is 1.96. The molecule has 124 valence electrons. The molecule has 0 amide bonds. The van der Waals surface area contributed by atoms with E-state index in [4.69, 9.17) is 4.42 Å². The van der Waals surface area contributed by atoms with Crippen LogP contribution in [0.2, 0.25) is 0 Å². The minimum atomic E-state index is 0.555. The molecule has 0 radical (unpaired) electrons. The van der Waals surface area contributed by atoms with E-state index in [0.29, 0.717) is 12.5 Å². The molecule has 1 aromatic carbocycles. The lowest BCUT2D eigenvalue weighted by Gasteiger charge is -2.11. The predicted octanol–water partition coefficient (Wildman–Crippen LogP) is 4.56. The summed E-state index contributed by atoms with van der Waals surface area (Å²) in [6.45, 7) is 3.63. The fourth-order valence-corrected chi connectivity index (χ4v) is 2.35. The summed E-state index contributed by atoms with van der Waals surface area (Å²) in [6.07, 6.45) is 3.92. The maximum atomic E-state index is 5.35. The zero-order valence-electron chi connectivity index (χ0n) is 13.8. The Hall–Kier alpha value is -2.82. The normalized spacial score (nSPS) is 10.5. The van der Waals surface area contributed by atoms with E-state index in [1.807, 2.05) is 36.4 Å². The largest absolute Gasteiger partial charge is 0.467 e.